The SMILES string of the molecule is O=C1Nc2ccccc2Nc2cc(-c3ccc(F)cc3)cc(-c3ccc(F)cc3)c21. The molecule has 0 aromatic heterocycles. The molecule has 146 valence electrons. The Balaban J connectivity index is 1.76. The molecule has 0 aliphatic carbocycles. The van der Waals surface area contributed by atoms with E-state index < -0.39 is 0 Å². The van der Waals surface area contributed by atoms with Crippen LogP contribution < -0.4 is 10.6 Å². The third-order valence-electron chi connectivity index (χ3n) is 5.14. The summed E-state index contributed by atoms with van der Waals surface area (Å²) in [6.07, 6.45) is 0. The predicted molar refractivity (Wildman–Crippen MR) is 115 cm³/mol. The summed E-state index contributed by atoms with van der Waals surface area (Å²) in [7, 11) is 0. The van der Waals surface area contributed by atoms with Crippen molar-refractivity contribution in [3.8, 4) is 22.3 Å². The van der Waals surface area contributed by atoms with Crippen molar-refractivity contribution in [1.29, 1.82) is 0 Å². The van der Waals surface area contributed by atoms with E-state index in [1.165, 1.54) is 24.3 Å². The number of nitrogens with one attached hydrogen (secondary N) is 2. The van der Waals surface area contributed by atoms with Crippen molar-refractivity contribution in [3.05, 3.63) is 102 Å². The molecule has 1 amide bonds. The molecule has 0 saturated carbocycles. The molecule has 0 fully saturated rings. The first kappa shape index (κ1) is 18.1. The minimum absolute atomic E-state index is 0.257. The van der Waals surface area contributed by atoms with E-state index in [4.69, 9.17) is 0 Å². The third-order valence-corrected chi connectivity index (χ3v) is 5.14. The lowest BCUT2D eigenvalue weighted by atomic mass is 9.92. The highest BCUT2D eigenvalue weighted by Gasteiger charge is 2.24. The minimum atomic E-state index is -0.352. The van der Waals surface area contributed by atoms with Crippen LogP contribution in [0.2, 0.25) is 0 Å². The Hall–Kier alpha value is -3.99. The average molecular weight is 398 g/mol. The summed E-state index contributed by atoms with van der Waals surface area (Å²) < 4.78 is 26.9. The van der Waals surface area contributed by atoms with Crippen molar-refractivity contribution in [2.75, 3.05) is 10.6 Å². The molecule has 0 radical (unpaired) electrons. The number of para-hydroxylation sites is 2. The van der Waals surface area contributed by atoms with E-state index in [9.17, 15) is 13.6 Å². The van der Waals surface area contributed by atoms with Gasteiger partial charge in [0.1, 0.15) is 11.6 Å². The molecular weight excluding hydrogens is 382 g/mol. The highest BCUT2D eigenvalue weighted by Crippen LogP contribution is 2.40. The molecule has 0 saturated heterocycles. The van der Waals surface area contributed by atoms with Gasteiger partial charge < -0.3 is 10.6 Å². The maximum absolute atomic E-state index is 13.5. The van der Waals surface area contributed by atoms with E-state index in [-0.39, 0.29) is 17.5 Å². The topological polar surface area (TPSA) is 41.1 Å². The van der Waals surface area contributed by atoms with Gasteiger partial charge in [-0.25, -0.2) is 8.78 Å². The monoisotopic (exact) mass is 398 g/mol. The van der Waals surface area contributed by atoms with E-state index in [0.717, 1.165) is 16.8 Å². The molecule has 0 atom stereocenters. The number of hydrogen-bond acceptors (Lipinski definition) is 2. The summed E-state index contributed by atoms with van der Waals surface area (Å²) in [6.45, 7) is 0. The lowest BCUT2D eigenvalue weighted by molar-refractivity contribution is 0.102. The molecule has 1 heterocycles. The maximum atomic E-state index is 13.5. The number of fused-ring (bicyclic) bond motifs is 2. The number of hydrogen-bond donors (Lipinski definition) is 2. The van der Waals surface area contributed by atoms with Gasteiger partial charge in [0.25, 0.3) is 5.91 Å². The number of benzene rings is 4. The third kappa shape index (κ3) is 3.20. The van der Waals surface area contributed by atoms with Crippen LogP contribution in [-0.2, 0) is 0 Å². The fourth-order valence-electron chi connectivity index (χ4n) is 3.68. The summed E-state index contributed by atoms with van der Waals surface area (Å²) >= 11 is 0. The second kappa shape index (κ2) is 7.12. The van der Waals surface area contributed by atoms with Crippen molar-refractivity contribution >= 4 is 23.0 Å². The number of amides is 1. The summed E-state index contributed by atoms with van der Waals surface area (Å²) in [4.78, 5) is 13.1. The van der Waals surface area contributed by atoms with E-state index in [2.05, 4.69) is 10.6 Å². The summed E-state index contributed by atoms with van der Waals surface area (Å²) in [5, 5.41) is 6.29. The molecule has 0 unspecified atom stereocenters. The first-order chi connectivity index (χ1) is 14.6. The van der Waals surface area contributed by atoms with Crippen molar-refractivity contribution in [2.24, 2.45) is 0 Å². The molecular formula is C25H16F2N2O. The van der Waals surface area contributed by atoms with Crippen LogP contribution in [0, 0.1) is 11.6 Å². The molecule has 3 nitrogen and oxygen atoms in total. The quantitative estimate of drug-likeness (QED) is 0.399. The zero-order valence-corrected chi connectivity index (χ0v) is 15.7. The van der Waals surface area contributed by atoms with Gasteiger partial charge in [-0.1, -0.05) is 36.4 Å². The standard InChI is InChI=1S/C25H16F2N2O/c26-18-9-5-15(6-10-18)17-13-20(16-7-11-19(27)12-8-16)24-23(14-17)28-21-3-1-2-4-22(21)29-25(24)30/h1-14,28H,(H,29,30). The van der Waals surface area contributed by atoms with Crippen LogP contribution in [0.25, 0.3) is 22.3 Å². The van der Waals surface area contributed by atoms with E-state index >= 15 is 0 Å². The number of carbonyl (C=O) groups is 1. The van der Waals surface area contributed by atoms with Gasteiger partial charge >= 0.3 is 0 Å². The number of rotatable bonds is 2. The lowest BCUT2D eigenvalue weighted by Gasteiger charge is -2.16. The second-order valence-electron chi connectivity index (χ2n) is 7.08. The van der Waals surface area contributed by atoms with Crippen LogP contribution in [0.15, 0.2) is 84.9 Å². The molecule has 0 bridgehead atoms. The molecule has 1 aliphatic rings. The average Bonchev–Trinajstić information content (AvgIpc) is 2.89. The van der Waals surface area contributed by atoms with Crippen molar-refractivity contribution in [1.82, 2.24) is 0 Å². The van der Waals surface area contributed by atoms with E-state index in [1.54, 1.807) is 24.3 Å². The fraction of sp³-hybridized carbons (Fsp3) is 0. The molecule has 30 heavy (non-hydrogen) atoms. The smallest absolute Gasteiger partial charge is 0.258 e. The molecule has 1 aliphatic heterocycles. The summed E-state index contributed by atoms with van der Waals surface area (Å²) in [6, 6.07) is 23.4. The lowest BCUT2D eigenvalue weighted by Crippen LogP contribution is -2.12. The van der Waals surface area contributed by atoms with Gasteiger partial charge in [-0.15, -0.1) is 0 Å². The van der Waals surface area contributed by atoms with Crippen molar-refractivity contribution in [2.45, 2.75) is 0 Å². The Morgan fingerprint density at radius 1 is 0.567 bits per heavy atom. The zero-order valence-electron chi connectivity index (χ0n) is 15.7. The molecule has 5 heteroatoms. The predicted octanol–water partition coefficient (Wildman–Crippen LogP) is 6.61. The van der Waals surface area contributed by atoms with Crippen LogP contribution in [0.4, 0.5) is 25.8 Å². The first-order valence-electron chi connectivity index (χ1n) is 9.46. The molecule has 2 N–H and O–H groups in total. The first-order valence-corrected chi connectivity index (χ1v) is 9.46. The van der Waals surface area contributed by atoms with Crippen molar-refractivity contribution < 1.29 is 13.6 Å². The number of carbonyl (C=O) groups excluding carboxylic acids is 1. The largest absolute Gasteiger partial charge is 0.353 e. The highest BCUT2D eigenvalue weighted by atomic mass is 19.1. The van der Waals surface area contributed by atoms with Crippen molar-refractivity contribution in [3.63, 3.8) is 0 Å². The van der Waals surface area contributed by atoms with E-state index in [1.807, 2.05) is 36.4 Å². The second-order valence-corrected chi connectivity index (χ2v) is 7.08. The number of halogens is 2. The van der Waals surface area contributed by atoms with Crippen LogP contribution in [0.5, 0.6) is 0 Å². The Morgan fingerprint density at radius 2 is 1.13 bits per heavy atom. The van der Waals surface area contributed by atoms with Gasteiger partial charge in [0, 0.05) is 0 Å². The van der Waals surface area contributed by atoms with Crippen LogP contribution in [-0.4, -0.2) is 5.91 Å². The Kier molecular flexibility index (Phi) is 4.29. The molecule has 5 rings (SSSR count). The summed E-state index contributed by atoms with van der Waals surface area (Å²) in [5.74, 6) is -0.930. The zero-order chi connectivity index (χ0) is 20.7. The van der Waals surface area contributed by atoms with Gasteiger partial charge in [0.05, 0.1) is 22.6 Å². The van der Waals surface area contributed by atoms with Gasteiger partial charge in [-0.2, -0.15) is 0 Å². The molecule has 4 aromatic carbocycles. The van der Waals surface area contributed by atoms with Gasteiger partial charge in [0.2, 0.25) is 0 Å². The maximum Gasteiger partial charge on any atom is 0.258 e. The van der Waals surface area contributed by atoms with Crippen LogP contribution >= 0.6 is 0 Å². The Morgan fingerprint density at radius 3 is 1.77 bits per heavy atom. The van der Waals surface area contributed by atoms with Gasteiger partial charge in [-0.3, -0.25) is 4.79 Å². The minimum Gasteiger partial charge on any atom is -0.353 e. The Bertz CT molecular complexity index is 1270. The van der Waals surface area contributed by atoms with Crippen LogP contribution in [0.3, 0.4) is 0 Å². The fourth-order valence-corrected chi connectivity index (χ4v) is 3.68. The molecule has 0 spiro atoms. The molecule has 4 aromatic rings. The van der Waals surface area contributed by atoms with Crippen LogP contribution in [0.1, 0.15) is 10.4 Å². The highest BCUT2D eigenvalue weighted by molar-refractivity contribution is 6.16. The van der Waals surface area contributed by atoms with Gasteiger partial charge in [-0.05, 0) is 70.8 Å². The summed E-state index contributed by atoms with van der Waals surface area (Å²) in [5.41, 5.74) is 5.51. The van der Waals surface area contributed by atoms with Gasteiger partial charge in [0.15, 0.2) is 0 Å². The Labute approximate surface area is 172 Å². The van der Waals surface area contributed by atoms with E-state index in [0.29, 0.717) is 28.1 Å². The number of anilines is 3. The normalized spacial score (nSPS) is 12.3.